The number of ether oxygens (including phenoxy) is 1. The number of carbonyl (C=O) groups excluding carboxylic acids is 1. The number of anilines is 1. The zero-order chi connectivity index (χ0) is 19.7. The Kier molecular flexibility index (Phi) is 4.49. The van der Waals surface area contributed by atoms with E-state index in [0.717, 1.165) is 5.56 Å². The van der Waals surface area contributed by atoms with Crippen molar-refractivity contribution < 1.29 is 13.9 Å². The minimum Gasteiger partial charge on any atom is -0.497 e. The zero-order valence-electron chi connectivity index (χ0n) is 15.3. The number of aromatic nitrogens is 3. The smallest absolute Gasteiger partial charge is 0.256 e. The summed E-state index contributed by atoms with van der Waals surface area (Å²) in [5.74, 6) is 0.00902. The molecule has 2 aromatic heterocycles. The number of amides is 1. The van der Waals surface area contributed by atoms with Crippen LogP contribution < -0.4 is 10.1 Å². The molecule has 0 spiro atoms. The number of methoxy groups -OCH3 is 1. The number of halogens is 1. The number of nitrogens with one attached hydrogen (secondary N) is 1. The Morgan fingerprint density at radius 1 is 1.14 bits per heavy atom. The Morgan fingerprint density at radius 2 is 1.93 bits per heavy atom. The van der Waals surface area contributed by atoms with E-state index in [4.69, 9.17) is 4.74 Å². The molecule has 0 fully saturated rings. The molecule has 0 aliphatic rings. The van der Waals surface area contributed by atoms with Crippen molar-refractivity contribution in [2.24, 2.45) is 7.05 Å². The number of hydrogen-bond donors (Lipinski definition) is 1. The lowest BCUT2D eigenvalue weighted by Crippen LogP contribution is -2.13. The maximum atomic E-state index is 13.1. The van der Waals surface area contributed by atoms with Gasteiger partial charge in [-0.1, -0.05) is 12.1 Å². The number of benzene rings is 2. The molecule has 0 atom stereocenters. The van der Waals surface area contributed by atoms with E-state index in [-0.39, 0.29) is 11.7 Å². The molecule has 7 heteroatoms. The van der Waals surface area contributed by atoms with E-state index in [1.54, 1.807) is 31.1 Å². The molecule has 28 heavy (non-hydrogen) atoms. The lowest BCUT2D eigenvalue weighted by Gasteiger charge is -2.10. The van der Waals surface area contributed by atoms with Crippen LogP contribution in [0, 0.1) is 5.82 Å². The Balaban J connectivity index is 1.80. The first-order valence-electron chi connectivity index (χ1n) is 8.59. The van der Waals surface area contributed by atoms with Crippen molar-refractivity contribution in [3.8, 4) is 17.0 Å². The lowest BCUT2D eigenvalue weighted by molar-refractivity contribution is 0.102. The standard InChI is InChI=1S/C21H17FN4O2/c1-26-20-18(12-23-26)17(21(27)24-15-8-6-14(22)7-9-15)11-19(25-20)13-4-3-5-16(10-13)28-2/h3-12H,1-2H3,(H,24,27). The summed E-state index contributed by atoms with van der Waals surface area (Å²) in [7, 11) is 3.37. The monoisotopic (exact) mass is 376 g/mol. The first-order valence-corrected chi connectivity index (χ1v) is 8.59. The largest absolute Gasteiger partial charge is 0.497 e. The minimum atomic E-state index is -0.364. The van der Waals surface area contributed by atoms with Gasteiger partial charge < -0.3 is 10.1 Å². The summed E-state index contributed by atoms with van der Waals surface area (Å²) in [4.78, 5) is 17.6. The molecule has 1 N–H and O–H groups in total. The number of rotatable bonds is 4. The second-order valence-electron chi connectivity index (χ2n) is 6.25. The van der Waals surface area contributed by atoms with Crippen molar-refractivity contribution >= 4 is 22.6 Å². The van der Waals surface area contributed by atoms with Gasteiger partial charge >= 0.3 is 0 Å². The van der Waals surface area contributed by atoms with Crippen LogP contribution >= 0.6 is 0 Å². The summed E-state index contributed by atoms with van der Waals surface area (Å²) >= 11 is 0. The maximum absolute atomic E-state index is 13.1. The highest BCUT2D eigenvalue weighted by Gasteiger charge is 2.17. The van der Waals surface area contributed by atoms with Crippen molar-refractivity contribution in [3.63, 3.8) is 0 Å². The minimum absolute atomic E-state index is 0.323. The highest BCUT2D eigenvalue weighted by Crippen LogP contribution is 2.27. The molecule has 6 nitrogen and oxygen atoms in total. The molecule has 2 heterocycles. The lowest BCUT2D eigenvalue weighted by atomic mass is 10.1. The normalized spacial score (nSPS) is 10.8. The van der Waals surface area contributed by atoms with Crippen LogP contribution in [0.5, 0.6) is 5.75 Å². The van der Waals surface area contributed by atoms with Gasteiger partial charge in [0, 0.05) is 18.3 Å². The topological polar surface area (TPSA) is 69.0 Å². The van der Waals surface area contributed by atoms with Crippen LogP contribution in [-0.4, -0.2) is 27.8 Å². The summed E-state index contributed by atoms with van der Waals surface area (Å²) in [6.07, 6.45) is 1.61. The van der Waals surface area contributed by atoms with Crippen molar-refractivity contribution in [1.29, 1.82) is 0 Å². The third kappa shape index (κ3) is 3.29. The fourth-order valence-electron chi connectivity index (χ4n) is 2.96. The Morgan fingerprint density at radius 3 is 2.68 bits per heavy atom. The molecule has 4 aromatic rings. The summed E-state index contributed by atoms with van der Waals surface area (Å²) in [5.41, 5.74) is 2.96. The van der Waals surface area contributed by atoms with Gasteiger partial charge in [0.15, 0.2) is 5.65 Å². The van der Waals surface area contributed by atoms with Crippen molar-refractivity contribution in [2.75, 3.05) is 12.4 Å². The second kappa shape index (κ2) is 7.11. The van der Waals surface area contributed by atoms with Gasteiger partial charge in [-0.15, -0.1) is 0 Å². The Labute approximate surface area is 160 Å². The summed E-state index contributed by atoms with van der Waals surface area (Å²) in [6, 6.07) is 14.8. The van der Waals surface area contributed by atoms with Crippen molar-refractivity contribution in [2.45, 2.75) is 0 Å². The third-order valence-corrected chi connectivity index (χ3v) is 4.42. The fraction of sp³-hybridized carbons (Fsp3) is 0.0952. The van der Waals surface area contributed by atoms with Gasteiger partial charge in [-0.2, -0.15) is 5.10 Å². The van der Waals surface area contributed by atoms with E-state index in [2.05, 4.69) is 15.4 Å². The van der Waals surface area contributed by atoms with E-state index in [1.807, 2.05) is 24.3 Å². The van der Waals surface area contributed by atoms with E-state index in [1.165, 1.54) is 24.3 Å². The van der Waals surface area contributed by atoms with Crippen molar-refractivity contribution in [3.05, 3.63) is 72.2 Å². The highest BCUT2D eigenvalue weighted by atomic mass is 19.1. The molecule has 0 aliphatic carbocycles. The fourth-order valence-corrected chi connectivity index (χ4v) is 2.96. The number of fused-ring (bicyclic) bond motifs is 1. The van der Waals surface area contributed by atoms with Gasteiger partial charge in [-0.3, -0.25) is 9.48 Å². The Bertz CT molecular complexity index is 1170. The molecule has 140 valence electrons. The van der Waals surface area contributed by atoms with Gasteiger partial charge in [-0.25, -0.2) is 9.37 Å². The van der Waals surface area contributed by atoms with Crippen LogP contribution in [0.2, 0.25) is 0 Å². The number of hydrogen-bond acceptors (Lipinski definition) is 4. The zero-order valence-corrected chi connectivity index (χ0v) is 15.3. The summed E-state index contributed by atoms with van der Waals surface area (Å²) in [5, 5.41) is 7.65. The third-order valence-electron chi connectivity index (χ3n) is 4.42. The van der Waals surface area contributed by atoms with Gasteiger partial charge in [0.1, 0.15) is 11.6 Å². The molecular formula is C21H17FN4O2. The van der Waals surface area contributed by atoms with Crippen LogP contribution in [0.25, 0.3) is 22.3 Å². The number of carbonyl (C=O) groups is 1. The van der Waals surface area contributed by atoms with Crippen LogP contribution in [0.15, 0.2) is 60.8 Å². The average molecular weight is 376 g/mol. The molecule has 0 bridgehead atoms. The van der Waals surface area contributed by atoms with Gasteiger partial charge in [0.05, 0.1) is 30.0 Å². The van der Waals surface area contributed by atoms with E-state index < -0.39 is 0 Å². The van der Waals surface area contributed by atoms with E-state index in [9.17, 15) is 9.18 Å². The van der Waals surface area contributed by atoms with Gasteiger partial charge in [0.25, 0.3) is 5.91 Å². The molecule has 0 unspecified atom stereocenters. The first-order chi connectivity index (χ1) is 13.5. The number of nitrogens with zero attached hydrogens (tertiary/aromatic N) is 3. The quantitative estimate of drug-likeness (QED) is 0.584. The Hall–Kier alpha value is -3.74. The second-order valence-corrected chi connectivity index (χ2v) is 6.25. The molecule has 0 saturated carbocycles. The summed E-state index contributed by atoms with van der Waals surface area (Å²) in [6.45, 7) is 0. The van der Waals surface area contributed by atoms with Crippen LogP contribution in [0.4, 0.5) is 10.1 Å². The van der Waals surface area contributed by atoms with Crippen molar-refractivity contribution in [1.82, 2.24) is 14.8 Å². The first kappa shape index (κ1) is 17.7. The molecule has 0 aliphatic heterocycles. The number of pyridine rings is 1. The molecular weight excluding hydrogens is 359 g/mol. The molecule has 1 amide bonds. The van der Waals surface area contributed by atoms with Gasteiger partial charge in [0.2, 0.25) is 0 Å². The molecule has 0 saturated heterocycles. The SMILES string of the molecule is COc1cccc(-c2cc(C(=O)Nc3ccc(F)cc3)c3cnn(C)c3n2)c1. The molecule has 4 rings (SSSR count). The highest BCUT2D eigenvalue weighted by molar-refractivity contribution is 6.12. The molecule has 2 aromatic carbocycles. The summed E-state index contributed by atoms with van der Waals surface area (Å²) < 4.78 is 20.0. The van der Waals surface area contributed by atoms with Crippen LogP contribution in [0.1, 0.15) is 10.4 Å². The predicted octanol–water partition coefficient (Wildman–Crippen LogP) is 4.04. The van der Waals surface area contributed by atoms with E-state index >= 15 is 0 Å². The maximum Gasteiger partial charge on any atom is 0.256 e. The van der Waals surface area contributed by atoms with Crippen LogP contribution in [0.3, 0.4) is 0 Å². The van der Waals surface area contributed by atoms with Crippen LogP contribution in [-0.2, 0) is 7.05 Å². The number of aryl methyl sites for hydroxylation is 1. The molecule has 0 radical (unpaired) electrons. The van der Waals surface area contributed by atoms with Gasteiger partial charge in [-0.05, 0) is 42.5 Å². The van der Waals surface area contributed by atoms with E-state index in [0.29, 0.717) is 33.7 Å². The average Bonchev–Trinajstić information content (AvgIpc) is 3.10. The predicted molar refractivity (Wildman–Crippen MR) is 105 cm³/mol.